The maximum absolute atomic E-state index is 12.7. The van der Waals surface area contributed by atoms with Crippen LogP contribution < -0.4 is 5.73 Å². The van der Waals surface area contributed by atoms with Crippen molar-refractivity contribution < 1.29 is 13.2 Å². The summed E-state index contributed by atoms with van der Waals surface area (Å²) in [6.45, 7) is 1.58. The van der Waals surface area contributed by atoms with Gasteiger partial charge in [0.05, 0.1) is 0 Å². The van der Waals surface area contributed by atoms with Crippen molar-refractivity contribution in [2.45, 2.75) is 25.3 Å². The molecular weight excluding hydrogens is 191 g/mol. The molecule has 4 heteroatoms. The third-order valence-corrected chi connectivity index (χ3v) is 2.36. The number of halogens is 3. The van der Waals surface area contributed by atoms with Crippen molar-refractivity contribution in [2.75, 3.05) is 0 Å². The van der Waals surface area contributed by atoms with Crippen LogP contribution in [0.2, 0.25) is 0 Å². The molecule has 0 aliphatic carbocycles. The van der Waals surface area contributed by atoms with Gasteiger partial charge in [0, 0.05) is 0 Å². The zero-order chi connectivity index (χ0) is 10.8. The van der Waals surface area contributed by atoms with Crippen molar-refractivity contribution in [3.8, 4) is 0 Å². The molecule has 0 aromatic heterocycles. The fraction of sp³-hybridized carbons (Fsp3) is 0.400. The molecule has 14 heavy (non-hydrogen) atoms. The maximum Gasteiger partial charge on any atom is 0.260 e. The molecule has 0 spiro atoms. The van der Waals surface area contributed by atoms with Crippen LogP contribution in [0.3, 0.4) is 0 Å². The van der Waals surface area contributed by atoms with Gasteiger partial charge in [0.2, 0.25) is 0 Å². The Hall–Kier alpha value is -1.03. The minimum atomic E-state index is -2.65. The van der Waals surface area contributed by atoms with Crippen molar-refractivity contribution in [2.24, 2.45) is 5.73 Å². The molecule has 0 saturated heterocycles. The van der Waals surface area contributed by atoms with E-state index in [9.17, 15) is 13.2 Å². The Morgan fingerprint density at radius 3 is 2.14 bits per heavy atom. The van der Waals surface area contributed by atoms with Gasteiger partial charge in [0.1, 0.15) is 11.4 Å². The van der Waals surface area contributed by atoms with Crippen molar-refractivity contribution in [3.63, 3.8) is 0 Å². The molecule has 1 rings (SSSR count). The first-order valence-corrected chi connectivity index (χ1v) is 4.33. The highest BCUT2D eigenvalue weighted by Gasteiger charge is 2.35. The normalized spacial score (nSPS) is 15.6. The Bertz CT molecular complexity index is 297. The number of rotatable bonds is 3. The smallest absolute Gasteiger partial charge is 0.260 e. The fourth-order valence-corrected chi connectivity index (χ4v) is 1.24. The van der Waals surface area contributed by atoms with E-state index in [4.69, 9.17) is 5.73 Å². The van der Waals surface area contributed by atoms with Gasteiger partial charge in [-0.05, 0) is 24.1 Å². The lowest BCUT2D eigenvalue weighted by atomic mass is 9.89. The summed E-state index contributed by atoms with van der Waals surface area (Å²) in [5.41, 5.74) is 4.13. The molecule has 1 aromatic carbocycles. The monoisotopic (exact) mass is 203 g/mol. The first-order valence-electron chi connectivity index (χ1n) is 4.33. The van der Waals surface area contributed by atoms with E-state index >= 15 is 0 Å². The lowest BCUT2D eigenvalue weighted by molar-refractivity contribution is 0.0494. The lowest BCUT2D eigenvalue weighted by Gasteiger charge is -2.27. The third kappa shape index (κ3) is 1.90. The summed E-state index contributed by atoms with van der Waals surface area (Å²) < 4.78 is 37.9. The summed E-state index contributed by atoms with van der Waals surface area (Å²) >= 11 is 0. The molecule has 0 heterocycles. The number of hydrogen-bond donors (Lipinski definition) is 1. The van der Waals surface area contributed by atoms with Gasteiger partial charge in [-0.25, -0.2) is 13.2 Å². The van der Waals surface area contributed by atoms with Crippen molar-refractivity contribution in [1.82, 2.24) is 0 Å². The second-order valence-corrected chi connectivity index (χ2v) is 3.20. The Balaban J connectivity index is 3.06. The van der Waals surface area contributed by atoms with Crippen molar-refractivity contribution in [3.05, 3.63) is 35.6 Å². The molecule has 0 amide bonds. The number of benzene rings is 1. The van der Waals surface area contributed by atoms with E-state index in [1.54, 1.807) is 6.92 Å². The van der Waals surface area contributed by atoms with Gasteiger partial charge in [-0.2, -0.15) is 0 Å². The van der Waals surface area contributed by atoms with Crippen LogP contribution in [0.4, 0.5) is 13.2 Å². The minimum Gasteiger partial charge on any atom is -0.317 e. The van der Waals surface area contributed by atoms with Gasteiger partial charge >= 0.3 is 0 Å². The summed E-state index contributed by atoms with van der Waals surface area (Å²) in [4.78, 5) is 0. The Morgan fingerprint density at radius 2 is 1.79 bits per heavy atom. The molecular formula is C10H12F3N. The van der Waals surface area contributed by atoms with Gasteiger partial charge in [-0.15, -0.1) is 0 Å². The van der Waals surface area contributed by atoms with Crippen LogP contribution in [0.1, 0.15) is 18.9 Å². The SMILES string of the molecule is CCC(N)(c1ccc(F)cc1)C(F)F. The zero-order valence-electron chi connectivity index (χ0n) is 7.81. The average molecular weight is 203 g/mol. The first kappa shape index (κ1) is 11.0. The minimum absolute atomic E-state index is 0.107. The molecule has 0 aliphatic heterocycles. The molecule has 1 aromatic rings. The van der Waals surface area contributed by atoms with E-state index in [0.29, 0.717) is 0 Å². The summed E-state index contributed by atoms with van der Waals surface area (Å²) in [7, 11) is 0. The van der Waals surface area contributed by atoms with E-state index in [1.165, 1.54) is 12.1 Å². The fourth-order valence-electron chi connectivity index (χ4n) is 1.24. The Kier molecular flexibility index (Phi) is 3.16. The molecule has 0 saturated carbocycles. The predicted molar refractivity (Wildman–Crippen MR) is 48.6 cm³/mol. The molecule has 0 radical (unpaired) electrons. The molecule has 1 nitrogen and oxygen atoms in total. The molecule has 0 bridgehead atoms. The van der Waals surface area contributed by atoms with E-state index < -0.39 is 17.8 Å². The van der Waals surface area contributed by atoms with Crippen LogP contribution in [0.15, 0.2) is 24.3 Å². The van der Waals surface area contributed by atoms with Crippen LogP contribution in [0.25, 0.3) is 0 Å². The molecule has 0 aliphatic rings. The first-order chi connectivity index (χ1) is 6.50. The molecule has 1 unspecified atom stereocenters. The largest absolute Gasteiger partial charge is 0.317 e. The predicted octanol–water partition coefficient (Wildman–Crippen LogP) is 2.65. The zero-order valence-corrected chi connectivity index (χ0v) is 7.81. The lowest BCUT2D eigenvalue weighted by Crippen LogP contribution is -2.43. The summed E-state index contributed by atoms with van der Waals surface area (Å²) in [5, 5.41) is 0. The molecule has 1 atom stereocenters. The Labute approximate surface area is 80.7 Å². The van der Waals surface area contributed by atoms with Crippen LogP contribution in [0.5, 0.6) is 0 Å². The average Bonchev–Trinajstić information content (AvgIpc) is 2.17. The second kappa shape index (κ2) is 4.00. The summed E-state index contributed by atoms with van der Waals surface area (Å²) in [6, 6.07) is 4.86. The van der Waals surface area contributed by atoms with Gasteiger partial charge in [0.25, 0.3) is 6.43 Å². The molecule has 0 fully saturated rings. The van der Waals surface area contributed by atoms with E-state index in [-0.39, 0.29) is 12.0 Å². The second-order valence-electron chi connectivity index (χ2n) is 3.20. The highest BCUT2D eigenvalue weighted by Crippen LogP contribution is 2.28. The summed E-state index contributed by atoms with van der Waals surface area (Å²) in [6.07, 6.45) is -2.55. The topological polar surface area (TPSA) is 26.0 Å². The van der Waals surface area contributed by atoms with Crippen molar-refractivity contribution >= 4 is 0 Å². The standard InChI is InChI=1S/C10H12F3N/c1-2-10(14,9(12)13)7-3-5-8(11)6-4-7/h3-6,9H,2,14H2,1H3. The third-order valence-electron chi connectivity index (χ3n) is 2.36. The van der Waals surface area contributed by atoms with Gasteiger partial charge in [0.15, 0.2) is 0 Å². The van der Waals surface area contributed by atoms with Crippen molar-refractivity contribution in [1.29, 1.82) is 0 Å². The van der Waals surface area contributed by atoms with Crippen LogP contribution in [0, 0.1) is 5.82 Å². The highest BCUT2D eigenvalue weighted by molar-refractivity contribution is 5.25. The quantitative estimate of drug-likeness (QED) is 0.803. The summed E-state index contributed by atoms with van der Waals surface area (Å²) in [5.74, 6) is -0.457. The van der Waals surface area contributed by atoms with Gasteiger partial charge < -0.3 is 5.73 Å². The molecule has 2 N–H and O–H groups in total. The van der Waals surface area contributed by atoms with E-state index in [2.05, 4.69) is 0 Å². The van der Waals surface area contributed by atoms with Gasteiger partial charge in [-0.3, -0.25) is 0 Å². The highest BCUT2D eigenvalue weighted by atomic mass is 19.3. The number of hydrogen-bond acceptors (Lipinski definition) is 1. The van der Waals surface area contributed by atoms with E-state index in [0.717, 1.165) is 12.1 Å². The van der Waals surface area contributed by atoms with Crippen LogP contribution >= 0.6 is 0 Å². The van der Waals surface area contributed by atoms with Crippen LogP contribution in [-0.4, -0.2) is 6.43 Å². The van der Waals surface area contributed by atoms with E-state index in [1.807, 2.05) is 0 Å². The molecule has 78 valence electrons. The van der Waals surface area contributed by atoms with Gasteiger partial charge in [-0.1, -0.05) is 19.1 Å². The number of nitrogens with two attached hydrogens (primary N) is 1. The Morgan fingerprint density at radius 1 is 1.29 bits per heavy atom. The maximum atomic E-state index is 12.7. The van der Waals surface area contributed by atoms with Crippen LogP contribution in [-0.2, 0) is 5.54 Å². The number of alkyl halides is 2.